The molecule has 1 aliphatic rings. The molecule has 1 saturated heterocycles. The van der Waals surface area contributed by atoms with Crippen molar-refractivity contribution in [3.63, 3.8) is 0 Å². The normalized spacial score (nSPS) is 15.6. The molecule has 6 nitrogen and oxygen atoms in total. The fourth-order valence-corrected chi connectivity index (χ4v) is 5.01. The zero-order chi connectivity index (χ0) is 20.4. The Morgan fingerprint density at radius 1 is 0.931 bits per heavy atom. The smallest absolute Gasteiger partial charge is 0.288 e. The molecule has 1 aliphatic heterocycles. The lowest BCUT2D eigenvalue weighted by molar-refractivity contribution is -0.685. The Balaban J connectivity index is 1.42. The molecule has 29 heavy (non-hydrogen) atoms. The van der Waals surface area contributed by atoms with Gasteiger partial charge in [-0.1, -0.05) is 30.3 Å². The Morgan fingerprint density at radius 2 is 1.59 bits per heavy atom. The van der Waals surface area contributed by atoms with Crippen LogP contribution in [0, 0.1) is 6.92 Å². The minimum atomic E-state index is -3.58. The number of benzene rings is 2. The van der Waals surface area contributed by atoms with E-state index in [1.165, 1.54) is 4.31 Å². The first-order chi connectivity index (χ1) is 13.9. The molecule has 1 amide bonds. The molecule has 0 N–H and O–H groups in total. The van der Waals surface area contributed by atoms with Crippen molar-refractivity contribution in [2.24, 2.45) is 0 Å². The number of carbonyl (C=O) groups is 1. The molecule has 0 radical (unpaired) electrons. The van der Waals surface area contributed by atoms with E-state index in [1.54, 1.807) is 17.0 Å². The average molecular weight is 411 g/mol. The number of fused-ring (bicyclic) bond motifs is 1. The van der Waals surface area contributed by atoms with Gasteiger partial charge < -0.3 is 4.90 Å². The van der Waals surface area contributed by atoms with Crippen LogP contribution in [-0.4, -0.2) is 49.7 Å². The van der Waals surface area contributed by atoms with Gasteiger partial charge in [-0.2, -0.15) is 8.87 Å². The standard InChI is InChI=1S/C22H24N3O3S/c1-18-8-10-23(11-9-18)17-22(26)24-12-14-25(15-13-24)29(27,28)21-7-6-19-4-2-3-5-20(19)16-21/h2-11,16H,12-15,17H2,1H3/q+1. The number of amides is 1. The molecule has 2 aromatic carbocycles. The van der Waals surface area contributed by atoms with E-state index in [0.717, 1.165) is 16.3 Å². The van der Waals surface area contributed by atoms with Gasteiger partial charge >= 0.3 is 0 Å². The predicted molar refractivity (Wildman–Crippen MR) is 111 cm³/mol. The van der Waals surface area contributed by atoms with Crippen molar-refractivity contribution in [2.75, 3.05) is 26.2 Å². The first-order valence-electron chi connectivity index (χ1n) is 9.66. The van der Waals surface area contributed by atoms with Crippen LogP contribution in [0.2, 0.25) is 0 Å². The molecule has 0 bridgehead atoms. The van der Waals surface area contributed by atoms with E-state index in [4.69, 9.17) is 0 Å². The minimum absolute atomic E-state index is 0.00149. The first-order valence-corrected chi connectivity index (χ1v) is 11.1. The van der Waals surface area contributed by atoms with E-state index in [-0.39, 0.29) is 12.5 Å². The Kier molecular flexibility index (Phi) is 5.34. The minimum Gasteiger partial charge on any atom is -0.335 e. The van der Waals surface area contributed by atoms with Crippen LogP contribution in [0.1, 0.15) is 5.56 Å². The summed E-state index contributed by atoms with van der Waals surface area (Å²) in [4.78, 5) is 14.6. The van der Waals surface area contributed by atoms with Crippen molar-refractivity contribution < 1.29 is 17.8 Å². The number of pyridine rings is 1. The van der Waals surface area contributed by atoms with Gasteiger partial charge in [-0.25, -0.2) is 8.42 Å². The summed E-state index contributed by atoms with van der Waals surface area (Å²) in [7, 11) is -3.58. The lowest BCUT2D eigenvalue weighted by Crippen LogP contribution is -2.53. The maximum absolute atomic E-state index is 13.0. The van der Waals surface area contributed by atoms with Crippen molar-refractivity contribution >= 4 is 26.7 Å². The van der Waals surface area contributed by atoms with Gasteiger partial charge in [-0.15, -0.1) is 0 Å². The van der Waals surface area contributed by atoms with Gasteiger partial charge in [0.15, 0.2) is 12.4 Å². The van der Waals surface area contributed by atoms with E-state index in [2.05, 4.69) is 0 Å². The van der Waals surface area contributed by atoms with Gasteiger partial charge in [0.25, 0.3) is 5.91 Å². The second-order valence-electron chi connectivity index (χ2n) is 7.34. The molecule has 7 heteroatoms. The van der Waals surface area contributed by atoms with Gasteiger partial charge in [0.1, 0.15) is 0 Å². The summed E-state index contributed by atoms with van der Waals surface area (Å²) in [5.74, 6) is 0.00149. The van der Waals surface area contributed by atoms with Crippen LogP contribution >= 0.6 is 0 Å². The topological polar surface area (TPSA) is 61.6 Å². The van der Waals surface area contributed by atoms with E-state index < -0.39 is 10.0 Å². The van der Waals surface area contributed by atoms with Crippen LogP contribution in [0.25, 0.3) is 10.8 Å². The van der Waals surface area contributed by atoms with Crippen molar-refractivity contribution in [3.05, 3.63) is 72.6 Å². The highest BCUT2D eigenvalue weighted by molar-refractivity contribution is 7.89. The van der Waals surface area contributed by atoms with Crippen LogP contribution in [0.15, 0.2) is 71.9 Å². The second kappa shape index (κ2) is 7.93. The molecule has 1 fully saturated rings. The fourth-order valence-electron chi connectivity index (χ4n) is 3.55. The third kappa shape index (κ3) is 4.16. The maximum atomic E-state index is 13.0. The van der Waals surface area contributed by atoms with E-state index in [0.29, 0.717) is 31.1 Å². The summed E-state index contributed by atoms with van der Waals surface area (Å²) in [5.41, 5.74) is 1.14. The fraction of sp³-hybridized carbons (Fsp3) is 0.273. The number of sulfonamides is 1. The SMILES string of the molecule is Cc1cc[n+](CC(=O)N2CCN(S(=O)(=O)c3ccc4ccccc4c3)CC2)cc1. The maximum Gasteiger partial charge on any atom is 0.288 e. The molecule has 4 rings (SSSR count). The molecule has 2 heterocycles. The summed E-state index contributed by atoms with van der Waals surface area (Å²) >= 11 is 0. The van der Waals surface area contributed by atoms with Gasteiger partial charge in [0, 0.05) is 38.3 Å². The molecule has 0 saturated carbocycles. The number of aryl methyl sites for hydroxylation is 1. The number of nitrogens with zero attached hydrogens (tertiary/aromatic N) is 3. The summed E-state index contributed by atoms with van der Waals surface area (Å²) in [6.45, 7) is 3.67. The number of piperazine rings is 1. The Labute approximate surface area is 171 Å². The molecule has 0 spiro atoms. The largest absolute Gasteiger partial charge is 0.335 e. The van der Waals surface area contributed by atoms with Crippen LogP contribution in [-0.2, 0) is 21.4 Å². The molecule has 0 aliphatic carbocycles. The molecule has 1 aromatic heterocycles. The van der Waals surface area contributed by atoms with E-state index in [9.17, 15) is 13.2 Å². The molecule has 0 atom stereocenters. The first kappa shape index (κ1) is 19.5. The van der Waals surface area contributed by atoms with Gasteiger partial charge in [-0.05, 0) is 35.4 Å². The van der Waals surface area contributed by atoms with Crippen molar-refractivity contribution in [2.45, 2.75) is 18.4 Å². The summed E-state index contributed by atoms with van der Waals surface area (Å²) in [6, 6.07) is 16.8. The van der Waals surface area contributed by atoms with Crippen molar-refractivity contribution in [1.82, 2.24) is 9.21 Å². The molecular weight excluding hydrogens is 386 g/mol. The second-order valence-corrected chi connectivity index (χ2v) is 9.28. The Bertz CT molecular complexity index is 1140. The number of rotatable bonds is 4. The monoisotopic (exact) mass is 410 g/mol. The lowest BCUT2D eigenvalue weighted by Gasteiger charge is -2.33. The van der Waals surface area contributed by atoms with Crippen LogP contribution in [0.3, 0.4) is 0 Å². The number of aromatic nitrogens is 1. The average Bonchev–Trinajstić information content (AvgIpc) is 2.75. The number of hydrogen-bond acceptors (Lipinski definition) is 3. The summed E-state index contributed by atoms with van der Waals surface area (Å²) in [6.07, 6.45) is 3.77. The van der Waals surface area contributed by atoms with Gasteiger partial charge in [0.2, 0.25) is 16.6 Å². The highest BCUT2D eigenvalue weighted by Crippen LogP contribution is 2.22. The van der Waals surface area contributed by atoms with Gasteiger partial charge in [0.05, 0.1) is 4.90 Å². The third-order valence-electron chi connectivity index (χ3n) is 5.33. The molecule has 0 unspecified atom stereocenters. The van der Waals surface area contributed by atoms with E-state index >= 15 is 0 Å². The van der Waals surface area contributed by atoms with Crippen molar-refractivity contribution in [1.29, 1.82) is 0 Å². The van der Waals surface area contributed by atoms with Crippen LogP contribution < -0.4 is 4.57 Å². The molecular formula is C22H24N3O3S+. The Hall–Kier alpha value is -2.77. The zero-order valence-electron chi connectivity index (χ0n) is 16.4. The van der Waals surface area contributed by atoms with Gasteiger partial charge in [-0.3, -0.25) is 4.79 Å². The third-order valence-corrected chi connectivity index (χ3v) is 7.22. The Morgan fingerprint density at radius 3 is 2.28 bits per heavy atom. The zero-order valence-corrected chi connectivity index (χ0v) is 17.2. The van der Waals surface area contributed by atoms with Crippen molar-refractivity contribution in [3.8, 4) is 0 Å². The number of carbonyl (C=O) groups excluding carboxylic acids is 1. The molecule has 3 aromatic rings. The highest BCUT2D eigenvalue weighted by atomic mass is 32.2. The summed E-state index contributed by atoms with van der Waals surface area (Å²) < 4.78 is 29.4. The van der Waals surface area contributed by atoms with Crippen LogP contribution in [0.4, 0.5) is 0 Å². The number of hydrogen-bond donors (Lipinski definition) is 0. The molecule has 150 valence electrons. The van der Waals surface area contributed by atoms with Crippen LogP contribution in [0.5, 0.6) is 0 Å². The summed E-state index contributed by atoms with van der Waals surface area (Å²) in [5, 5.41) is 1.91. The quantitative estimate of drug-likeness (QED) is 0.618. The predicted octanol–water partition coefficient (Wildman–Crippen LogP) is 1.97. The van der Waals surface area contributed by atoms with E-state index in [1.807, 2.05) is 66.3 Å². The highest BCUT2D eigenvalue weighted by Gasteiger charge is 2.31. The lowest BCUT2D eigenvalue weighted by atomic mass is 10.1.